The monoisotopic (exact) mass is 558 g/mol. The summed E-state index contributed by atoms with van der Waals surface area (Å²) in [5, 5.41) is 2.81. The van der Waals surface area contributed by atoms with Gasteiger partial charge in [0.1, 0.15) is 16.9 Å². The minimum Gasteiger partial charge on any atom is -0.491 e. The number of anilines is 1. The Morgan fingerprint density at radius 2 is 1.87 bits per heavy atom. The Balaban J connectivity index is 1.84. The van der Waals surface area contributed by atoms with E-state index < -0.39 is 17.7 Å². The number of methoxy groups -OCH3 is 1. The SMILES string of the molecule is COCCCOc1cc2c(cc1NC(=O)OC(C)(C)C)-c1c(cc(C(=O)OC(C)C)c(=O)n1C1CC1)C(C)S2. The number of nitrogens with one attached hydrogen (secondary N) is 1. The lowest BCUT2D eigenvalue weighted by molar-refractivity contribution is 0.0374. The number of amides is 1. The predicted molar refractivity (Wildman–Crippen MR) is 151 cm³/mol. The molecule has 0 saturated heterocycles. The van der Waals surface area contributed by atoms with Gasteiger partial charge in [0, 0.05) is 41.9 Å². The number of nitrogens with zero attached hydrogens (tertiary/aromatic N) is 1. The Kier molecular flexibility index (Phi) is 8.66. The van der Waals surface area contributed by atoms with Crippen molar-refractivity contribution < 1.29 is 28.5 Å². The van der Waals surface area contributed by atoms with Crippen molar-refractivity contribution in [3.05, 3.63) is 39.7 Å². The van der Waals surface area contributed by atoms with Crippen molar-refractivity contribution in [2.24, 2.45) is 0 Å². The fourth-order valence-corrected chi connectivity index (χ4v) is 5.61. The number of esters is 1. The van der Waals surface area contributed by atoms with Crippen molar-refractivity contribution in [3.8, 4) is 17.0 Å². The first-order valence-corrected chi connectivity index (χ1v) is 14.2. The zero-order valence-corrected chi connectivity index (χ0v) is 24.5. The summed E-state index contributed by atoms with van der Waals surface area (Å²) < 4.78 is 23.8. The molecule has 1 atom stereocenters. The molecule has 1 aliphatic carbocycles. The molecule has 1 N–H and O–H groups in total. The fraction of sp³-hybridized carbons (Fsp3) is 0.552. The first-order valence-electron chi connectivity index (χ1n) is 13.4. The zero-order valence-electron chi connectivity index (χ0n) is 23.7. The molecule has 1 amide bonds. The van der Waals surface area contributed by atoms with Crippen molar-refractivity contribution in [1.82, 2.24) is 4.57 Å². The molecule has 1 fully saturated rings. The lowest BCUT2D eigenvalue weighted by Gasteiger charge is -2.30. The molecule has 39 heavy (non-hydrogen) atoms. The Morgan fingerprint density at radius 3 is 2.49 bits per heavy atom. The first-order chi connectivity index (χ1) is 18.4. The van der Waals surface area contributed by atoms with Gasteiger partial charge in [-0.15, -0.1) is 11.8 Å². The van der Waals surface area contributed by atoms with Gasteiger partial charge in [0.25, 0.3) is 5.56 Å². The summed E-state index contributed by atoms with van der Waals surface area (Å²) in [6.45, 7) is 11.9. The van der Waals surface area contributed by atoms with Gasteiger partial charge in [-0.2, -0.15) is 0 Å². The van der Waals surface area contributed by atoms with Crippen molar-refractivity contribution in [3.63, 3.8) is 0 Å². The van der Waals surface area contributed by atoms with Gasteiger partial charge < -0.3 is 23.5 Å². The maximum Gasteiger partial charge on any atom is 0.412 e. The van der Waals surface area contributed by atoms with Gasteiger partial charge in [0.2, 0.25) is 0 Å². The molecule has 10 heteroatoms. The van der Waals surface area contributed by atoms with Crippen molar-refractivity contribution in [2.45, 2.75) is 88.7 Å². The van der Waals surface area contributed by atoms with Gasteiger partial charge in [-0.1, -0.05) is 0 Å². The minimum atomic E-state index is -0.677. The molecule has 9 nitrogen and oxygen atoms in total. The number of hydrogen-bond acceptors (Lipinski definition) is 8. The molecule has 4 rings (SSSR count). The third-order valence-electron chi connectivity index (χ3n) is 6.20. The average molecular weight is 559 g/mol. The quantitative estimate of drug-likeness (QED) is 0.281. The van der Waals surface area contributed by atoms with Gasteiger partial charge in [-0.05, 0) is 78.1 Å². The smallest absolute Gasteiger partial charge is 0.412 e. The van der Waals surface area contributed by atoms with Gasteiger partial charge in [-0.3, -0.25) is 10.1 Å². The second kappa shape index (κ2) is 11.6. The lowest BCUT2D eigenvalue weighted by Crippen LogP contribution is -2.31. The first kappa shape index (κ1) is 29.0. The average Bonchev–Trinajstić information content (AvgIpc) is 3.65. The van der Waals surface area contributed by atoms with E-state index in [1.54, 1.807) is 64.1 Å². The van der Waals surface area contributed by atoms with Crippen LogP contribution in [0.4, 0.5) is 10.5 Å². The highest BCUT2D eigenvalue weighted by molar-refractivity contribution is 7.99. The Bertz CT molecular complexity index is 1310. The van der Waals surface area contributed by atoms with E-state index in [-0.39, 0.29) is 28.5 Å². The molecule has 0 bridgehead atoms. The normalized spacial score (nSPS) is 16.4. The zero-order chi connectivity index (χ0) is 28.5. The van der Waals surface area contributed by atoms with E-state index in [9.17, 15) is 14.4 Å². The Hall–Kier alpha value is -2.98. The van der Waals surface area contributed by atoms with Gasteiger partial charge >= 0.3 is 12.1 Å². The number of hydrogen-bond donors (Lipinski definition) is 1. The summed E-state index contributed by atoms with van der Waals surface area (Å²) in [4.78, 5) is 40.2. The fourth-order valence-electron chi connectivity index (χ4n) is 4.47. The standard InChI is InChI=1S/C29H38N2O7S/c1-16(2)37-27(33)21-13-19-17(3)39-24-15-23(36-12-8-11-35-7)22(30-28(34)38-29(4,5)6)14-20(24)25(19)31(26(21)32)18-9-10-18/h13-18H,8-12H2,1-7H3,(H,30,34). The van der Waals surface area contributed by atoms with E-state index in [0.29, 0.717) is 31.1 Å². The minimum absolute atomic E-state index is 0.00781. The summed E-state index contributed by atoms with van der Waals surface area (Å²) in [5.74, 6) is -0.0985. The molecule has 2 heterocycles. The number of ether oxygens (including phenoxy) is 4. The second-order valence-electron chi connectivity index (χ2n) is 11.1. The molecular formula is C29H38N2O7S. The molecule has 0 radical (unpaired) electrons. The summed E-state index contributed by atoms with van der Waals surface area (Å²) in [6, 6.07) is 5.43. The van der Waals surface area contributed by atoms with E-state index in [1.807, 2.05) is 12.1 Å². The number of carbonyl (C=O) groups excluding carboxylic acids is 2. The third-order valence-corrected chi connectivity index (χ3v) is 7.40. The highest BCUT2D eigenvalue weighted by Gasteiger charge is 2.36. The van der Waals surface area contributed by atoms with Gasteiger partial charge in [-0.25, -0.2) is 9.59 Å². The van der Waals surface area contributed by atoms with Crippen LogP contribution in [0.1, 0.15) is 88.0 Å². The Labute approximate surface area is 233 Å². The number of aromatic nitrogens is 1. The number of thioether (sulfide) groups is 1. The number of benzene rings is 1. The van der Waals surface area contributed by atoms with Crippen LogP contribution in [0, 0.1) is 0 Å². The maximum atomic E-state index is 13.7. The molecule has 1 aromatic heterocycles. The van der Waals surface area contributed by atoms with Crippen molar-refractivity contribution in [2.75, 3.05) is 25.6 Å². The van der Waals surface area contributed by atoms with E-state index in [0.717, 1.165) is 34.6 Å². The summed E-state index contributed by atoms with van der Waals surface area (Å²) in [7, 11) is 1.64. The Morgan fingerprint density at radius 1 is 1.15 bits per heavy atom. The molecule has 1 saturated carbocycles. The maximum absolute atomic E-state index is 13.7. The molecule has 0 spiro atoms. The third kappa shape index (κ3) is 6.78. The topological polar surface area (TPSA) is 105 Å². The molecule has 1 aliphatic heterocycles. The number of pyridine rings is 1. The molecular weight excluding hydrogens is 520 g/mol. The highest BCUT2D eigenvalue weighted by atomic mass is 32.2. The van der Waals surface area contributed by atoms with E-state index in [2.05, 4.69) is 12.2 Å². The van der Waals surface area contributed by atoms with E-state index >= 15 is 0 Å². The van der Waals surface area contributed by atoms with Crippen LogP contribution in [0.25, 0.3) is 11.3 Å². The van der Waals surface area contributed by atoms with Crippen molar-refractivity contribution >= 4 is 29.5 Å². The van der Waals surface area contributed by atoms with Gasteiger partial charge in [0.15, 0.2) is 0 Å². The van der Waals surface area contributed by atoms with Crippen LogP contribution in [-0.4, -0.2) is 48.7 Å². The van der Waals surface area contributed by atoms with E-state index in [4.69, 9.17) is 18.9 Å². The second-order valence-corrected chi connectivity index (χ2v) is 12.5. The predicted octanol–water partition coefficient (Wildman–Crippen LogP) is 6.34. The molecule has 2 aromatic rings. The van der Waals surface area contributed by atoms with Crippen LogP contribution in [0.3, 0.4) is 0 Å². The lowest BCUT2D eigenvalue weighted by atomic mass is 9.99. The summed E-state index contributed by atoms with van der Waals surface area (Å²) in [6.07, 6.45) is 1.46. The molecule has 2 aliphatic rings. The van der Waals surface area contributed by atoms with E-state index in [1.165, 1.54) is 0 Å². The van der Waals surface area contributed by atoms with Crippen molar-refractivity contribution in [1.29, 1.82) is 0 Å². The summed E-state index contributed by atoms with van der Waals surface area (Å²) >= 11 is 1.61. The number of fused-ring (bicyclic) bond motifs is 3. The van der Waals surface area contributed by atoms with Crippen LogP contribution in [-0.2, 0) is 14.2 Å². The van der Waals surface area contributed by atoms with Crippen LogP contribution in [0.2, 0.25) is 0 Å². The molecule has 1 aromatic carbocycles. The number of carbonyl (C=O) groups is 2. The molecule has 212 valence electrons. The van der Waals surface area contributed by atoms with Gasteiger partial charge in [0.05, 0.1) is 24.1 Å². The van der Waals surface area contributed by atoms with Crippen LogP contribution < -0.4 is 15.6 Å². The number of rotatable bonds is 9. The molecule has 1 unspecified atom stereocenters. The largest absolute Gasteiger partial charge is 0.491 e. The van der Waals surface area contributed by atoms with Crippen LogP contribution in [0.15, 0.2) is 27.9 Å². The summed E-state index contributed by atoms with van der Waals surface area (Å²) in [5.41, 5.74) is 1.91. The highest BCUT2D eigenvalue weighted by Crippen LogP contribution is 2.53. The van der Waals surface area contributed by atoms with Crippen LogP contribution in [0.5, 0.6) is 5.75 Å². The van der Waals surface area contributed by atoms with Crippen LogP contribution >= 0.6 is 11.8 Å².